The molecule has 3 saturated heterocycles. The number of para-hydroxylation sites is 2. The Morgan fingerprint density at radius 2 is 1.30 bits per heavy atom. The van der Waals surface area contributed by atoms with Crippen LogP contribution in [-0.2, 0) is 44.6 Å². The van der Waals surface area contributed by atoms with Crippen molar-refractivity contribution in [3.8, 4) is 0 Å². The highest BCUT2D eigenvalue weighted by atomic mass is 16.8. The van der Waals surface area contributed by atoms with Gasteiger partial charge in [0.05, 0.1) is 17.3 Å². The number of carbonyl (C=O) groups is 4. The molecule has 33 heavy (non-hydrogen) atoms. The average Bonchev–Trinajstić information content (AvgIpc) is 3.28. The lowest BCUT2D eigenvalue weighted by Crippen LogP contribution is -2.70. The Labute approximate surface area is 187 Å². The Kier molecular flexibility index (Phi) is 3.32. The van der Waals surface area contributed by atoms with Crippen LogP contribution in [0.3, 0.4) is 0 Å². The number of ether oxygens (including phenoxy) is 3. The van der Waals surface area contributed by atoms with Gasteiger partial charge in [-0.3, -0.25) is 19.2 Å². The summed E-state index contributed by atoms with van der Waals surface area (Å²) in [4.78, 5) is 53.7. The summed E-state index contributed by atoms with van der Waals surface area (Å²) in [7, 11) is 0. The molecule has 5 aliphatic rings. The molecule has 166 valence electrons. The van der Waals surface area contributed by atoms with Gasteiger partial charge in [0.25, 0.3) is 11.8 Å². The summed E-state index contributed by atoms with van der Waals surface area (Å²) < 4.78 is 18.5. The van der Waals surface area contributed by atoms with Crippen LogP contribution in [0.25, 0.3) is 0 Å². The Morgan fingerprint density at radius 3 is 1.88 bits per heavy atom. The molecule has 0 bridgehead atoms. The maximum absolute atomic E-state index is 13.5. The van der Waals surface area contributed by atoms with Crippen molar-refractivity contribution in [3.05, 3.63) is 59.7 Å². The summed E-state index contributed by atoms with van der Waals surface area (Å²) in [6.07, 6.45) is -2.11. The van der Waals surface area contributed by atoms with E-state index in [1.165, 1.54) is 13.8 Å². The van der Waals surface area contributed by atoms with Crippen molar-refractivity contribution >= 4 is 35.0 Å². The van der Waals surface area contributed by atoms with E-state index >= 15 is 0 Å². The summed E-state index contributed by atoms with van der Waals surface area (Å²) in [6, 6.07) is 14.0. The number of fused-ring (bicyclic) bond motifs is 9. The van der Waals surface area contributed by atoms with Gasteiger partial charge < -0.3 is 14.2 Å². The second-order valence-corrected chi connectivity index (χ2v) is 8.98. The average molecular weight is 446 g/mol. The Bertz CT molecular complexity index is 1320. The van der Waals surface area contributed by atoms with E-state index in [1.807, 2.05) is 0 Å². The van der Waals surface area contributed by atoms with Crippen LogP contribution in [0.2, 0.25) is 0 Å². The molecule has 9 heteroatoms. The van der Waals surface area contributed by atoms with Crippen LogP contribution in [-0.4, -0.2) is 42.1 Å². The highest BCUT2D eigenvalue weighted by molar-refractivity contribution is 6.23. The summed E-state index contributed by atoms with van der Waals surface area (Å²) >= 11 is 0. The summed E-state index contributed by atoms with van der Waals surface area (Å²) in [5.41, 5.74) is -0.770. The van der Waals surface area contributed by atoms with Gasteiger partial charge >= 0.3 is 0 Å². The lowest BCUT2D eigenvalue weighted by Gasteiger charge is -2.52. The maximum Gasteiger partial charge on any atom is 0.273 e. The summed E-state index contributed by atoms with van der Waals surface area (Å²) in [5, 5.41) is 0. The predicted octanol–water partition coefficient (Wildman–Crippen LogP) is 1.33. The first-order valence-corrected chi connectivity index (χ1v) is 10.7. The molecule has 3 fully saturated rings. The monoisotopic (exact) mass is 446 g/mol. The fourth-order valence-corrected chi connectivity index (χ4v) is 6.23. The molecule has 5 aliphatic heterocycles. The van der Waals surface area contributed by atoms with Gasteiger partial charge in [-0.15, -0.1) is 0 Å². The number of anilines is 2. The van der Waals surface area contributed by atoms with E-state index in [-0.39, 0.29) is 0 Å². The quantitative estimate of drug-likeness (QED) is 0.602. The van der Waals surface area contributed by atoms with Crippen molar-refractivity contribution < 1.29 is 33.4 Å². The van der Waals surface area contributed by atoms with E-state index in [2.05, 4.69) is 0 Å². The zero-order valence-electron chi connectivity index (χ0n) is 17.7. The summed E-state index contributed by atoms with van der Waals surface area (Å²) in [5.74, 6) is -2.33. The normalized spacial score (nSPS) is 36.9. The lowest BCUT2D eigenvalue weighted by atomic mass is 9.68. The highest BCUT2D eigenvalue weighted by Crippen LogP contribution is 2.67. The van der Waals surface area contributed by atoms with E-state index in [1.54, 1.807) is 48.5 Å². The number of hydrogen-bond acceptors (Lipinski definition) is 7. The fraction of sp³-hybridized carbons (Fsp3) is 0.333. The minimum atomic E-state index is -1.46. The van der Waals surface area contributed by atoms with E-state index < -0.39 is 59.2 Å². The molecule has 0 aromatic heterocycles. The van der Waals surface area contributed by atoms with Crippen LogP contribution in [0.4, 0.5) is 11.4 Å². The van der Waals surface area contributed by atoms with Gasteiger partial charge in [0.2, 0.25) is 17.4 Å². The maximum atomic E-state index is 13.5. The van der Waals surface area contributed by atoms with Crippen LogP contribution in [0, 0.1) is 5.92 Å². The van der Waals surface area contributed by atoms with Gasteiger partial charge in [0.1, 0.15) is 12.2 Å². The number of imide groups is 2. The van der Waals surface area contributed by atoms with Crippen LogP contribution >= 0.6 is 0 Å². The van der Waals surface area contributed by atoms with E-state index in [4.69, 9.17) is 14.2 Å². The zero-order valence-corrected chi connectivity index (χ0v) is 17.7. The molecule has 2 aromatic carbocycles. The van der Waals surface area contributed by atoms with E-state index in [9.17, 15) is 19.2 Å². The van der Waals surface area contributed by atoms with Crippen molar-refractivity contribution in [3.63, 3.8) is 0 Å². The van der Waals surface area contributed by atoms with Gasteiger partial charge in [-0.2, -0.15) is 0 Å². The molecule has 0 radical (unpaired) electrons. The van der Waals surface area contributed by atoms with Gasteiger partial charge in [0, 0.05) is 25.0 Å². The molecule has 6 atom stereocenters. The third kappa shape index (κ3) is 1.85. The zero-order chi connectivity index (χ0) is 22.9. The number of carbonyl (C=O) groups excluding carboxylic acids is 4. The van der Waals surface area contributed by atoms with Gasteiger partial charge in [-0.05, 0) is 12.1 Å². The predicted molar refractivity (Wildman–Crippen MR) is 111 cm³/mol. The van der Waals surface area contributed by atoms with Crippen LogP contribution in [0.15, 0.2) is 48.5 Å². The number of benzene rings is 2. The van der Waals surface area contributed by atoms with Gasteiger partial charge in [-0.25, -0.2) is 9.80 Å². The SMILES string of the molecule is CC(=O)N1C(=O)[C@]2(O[C@@H]3O[C@@H]4[C@@H](O[C@]45C(=O)N(C(C)=O)c4ccccc45)[C@@H]32)c2ccccc21. The Morgan fingerprint density at radius 1 is 0.788 bits per heavy atom. The molecule has 2 spiro atoms. The molecular formula is C24H18N2O7. The molecule has 0 aliphatic carbocycles. The first-order valence-electron chi connectivity index (χ1n) is 10.7. The number of nitrogens with zero attached hydrogens (tertiary/aromatic N) is 2. The Hall–Kier alpha value is -3.40. The van der Waals surface area contributed by atoms with Crippen LogP contribution < -0.4 is 9.80 Å². The molecular weight excluding hydrogens is 428 g/mol. The van der Waals surface area contributed by atoms with Gasteiger partial charge in [0.15, 0.2) is 11.9 Å². The van der Waals surface area contributed by atoms with Crippen LogP contribution in [0.1, 0.15) is 25.0 Å². The van der Waals surface area contributed by atoms with Crippen molar-refractivity contribution in [2.75, 3.05) is 9.80 Å². The second kappa shape index (κ2) is 5.74. The molecule has 0 N–H and O–H groups in total. The number of rotatable bonds is 0. The van der Waals surface area contributed by atoms with E-state index in [0.717, 1.165) is 9.80 Å². The second-order valence-electron chi connectivity index (χ2n) is 8.98. The number of amides is 4. The molecule has 4 amide bonds. The molecule has 0 unspecified atom stereocenters. The van der Waals surface area contributed by atoms with E-state index in [0.29, 0.717) is 22.5 Å². The largest absolute Gasteiger partial charge is 0.351 e. The Balaban J connectivity index is 1.31. The van der Waals surface area contributed by atoms with Crippen molar-refractivity contribution in [1.29, 1.82) is 0 Å². The van der Waals surface area contributed by atoms with Gasteiger partial charge in [-0.1, -0.05) is 36.4 Å². The number of hydrogen-bond donors (Lipinski definition) is 0. The third-order valence-electron chi connectivity index (χ3n) is 7.48. The molecule has 7 rings (SSSR count). The summed E-state index contributed by atoms with van der Waals surface area (Å²) in [6.45, 7) is 2.66. The van der Waals surface area contributed by atoms with Crippen molar-refractivity contribution in [2.24, 2.45) is 5.92 Å². The minimum Gasteiger partial charge on any atom is -0.351 e. The topological polar surface area (TPSA) is 102 Å². The minimum absolute atomic E-state index is 0.408. The standard InChI is InChI=1S/C24H18N2O7/c1-11(27)25-15-9-5-3-7-13(15)23(21(25)29)17-18-19(31-20(17)33-23)24(32-18)14-8-4-6-10-16(14)26(12(2)28)22(24)30/h3-10,17-20H,1-2H3/t17-,18-,19+,20-,23-,24-/m0/s1. The molecule has 0 saturated carbocycles. The van der Waals surface area contributed by atoms with Crippen LogP contribution in [0.5, 0.6) is 0 Å². The lowest BCUT2D eigenvalue weighted by molar-refractivity contribution is -0.314. The molecule has 9 nitrogen and oxygen atoms in total. The van der Waals surface area contributed by atoms with Crippen molar-refractivity contribution in [2.45, 2.75) is 43.5 Å². The molecule has 2 aromatic rings. The third-order valence-corrected chi connectivity index (χ3v) is 7.48. The highest BCUT2D eigenvalue weighted by Gasteiger charge is 2.83. The molecule has 5 heterocycles. The first kappa shape index (κ1) is 19.1. The van der Waals surface area contributed by atoms with Crippen molar-refractivity contribution in [1.82, 2.24) is 0 Å². The smallest absolute Gasteiger partial charge is 0.273 e. The fourth-order valence-electron chi connectivity index (χ4n) is 6.23. The first-order chi connectivity index (χ1) is 15.8.